The average Bonchev–Trinajstić information content (AvgIpc) is 2.78. The van der Waals surface area contributed by atoms with Gasteiger partial charge in [0.15, 0.2) is 0 Å². The fourth-order valence-electron chi connectivity index (χ4n) is 3.89. The molecule has 0 saturated carbocycles. The third kappa shape index (κ3) is 7.01. The van der Waals surface area contributed by atoms with E-state index in [0.717, 1.165) is 18.4 Å². The molecule has 4 N–H and O–H groups in total. The minimum absolute atomic E-state index is 0.0230. The van der Waals surface area contributed by atoms with Crippen molar-refractivity contribution in [3.63, 3.8) is 0 Å². The molecule has 0 spiro atoms. The summed E-state index contributed by atoms with van der Waals surface area (Å²) in [5, 5.41) is 10.3. The molecule has 194 valence electrons. The van der Waals surface area contributed by atoms with E-state index in [-0.39, 0.29) is 16.8 Å². The lowest BCUT2D eigenvalue weighted by atomic mass is 9.95. The van der Waals surface area contributed by atoms with Crippen LogP contribution in [0.25, 0.3) is 0 Å². The summed E-state index contributed by atoms with van der Waals surface area (Å²) in [6.07, 6.45) is 2.93. The van der Waals surface area contributed by atoms with Crippen LogP contribution in [0.1, 0.15) is 57.2 Å². The van der Waals surface area contributed by atoms with Crippen molar-refractivity contribution in [2.45, 2.75) is 63.5 Å². The van der Waals surface area contributed by atoms with Gasteiger partial charge >= 0.3 is 17.9 Å². The van der Waals surface area contributed by atoms with Crippen molar-refractivity contribution >= 4 is 39.4 Å². The number of nitrogens with zero attached hydrogens (tertiary/aromatic N) is 2. The second kappa shape index (κ2) is 10.6. The van der Waals surface area contributed by atoms with Crippen LogP contribution in [0, 0.1) is 6.92 Å². The van der Waals surface area contributed by atoms with Gasteiger partial charge in [-0.3, -0.25) is 14.9 Å². The van der Waals surface area contributed by atoms with Gasteiger partial charge < -0.3 is 15.0 Å². The number of likely N-dealkylation sites (tertiary alicyclic amines) is 1. The fourth-order valence-corrected chi connectivity index (χ4v) is 4.41. The largest absolute Gasteiger partial charge is 0.444 e. The number of nitrogens with two attached hydrogens (primary N) is 1. The number of pyridine rings is 1. The number of hydrogen-bond acceptors (Lipinski definition) is 7. The van der Waals surface area contributed by atoms with Crippen LogP contribution in [0.5, 0.6) is 0 Å². The number of nitrogens with one attached hydrogen (secondary N) is 2. The normalized spacial score (nSPS) is 16.2. The van der Waals surface area contributed by atoms with Crippen LogP contribution in [0.2, 0.25) is 0 Å². The highest BCUT2D eigenvalue weighted by atomic mass is 32.2. The number of amides is 3. The third-order valence-corrected chi connectivity index (χ3v) is 6.44. The maximum atomic E-state index is 13.0. The Morgan fingerprint density at radius 1 is 1.11 bits per heavy atom. The second-order valence-electron chi connectivity index (χ2n) is 9.59. The standard InChI is InChI=1S/C24H31N5O6S/c1-15-13-17(14-26-20(15)28-23(32)35-24(2,3)4)27-21(30)22(31)29-12-6-5-7-19(29)16-8-10-18(11-9-16)36(25,33)34/h8-11,13-14,19H,5-7,12H2,1-4H3,(H,27,30)(H2,25,33,34)(H,26,28,32)/t19-/m0/s1. The Morgan fingerprint density at radius 2 is 1.78 bits per heavy atom. The van der Waals surface area contributed by atoms with Gasteiger partial charge in [-0.25, -0.2) is 23.3 Å². The van der Waals surface area contributed by atoms with Gasteiger partial charge in [-0.05, 0) is 76.3 Å². The summed E-state index contributed by atoms with van der Waals surface area (Å²) in [7, 11) is -3.83. The number of piperidine rings is 1. The number of aryl methyl sites for hydroxylation is 1. The summed E-state index contributed by atoms with van der Waals surface area (Å²) in [4.78, 5) is 43.4. The predicted molar refractivity (Wildman–Crippen MR) is 134 cm³/mol. The van der Waals surface area contributed by atoms with Crippen LogP contribution in [-0.4, -0.2) is 48.4 Å². The maximum absolute atomic E-state index is 13.0. The zero-order chi connectivity index (χ0) is 26.7. The van der Waals surface area contributed by atoms with Crippen LogP contribution < -0.4 is 15.8 Å². The van der Waals surface area contributed by atoms with Crippen molar-refractivity contribution in [1.29, 1.82) is 0 Å². The van der Waals surface area contributed by atoms with Gasteiger partial charge in [0, 0.05) is 6.54 Å². The first-order valence-electron chi connectivity index (χ1n) is 11.5. The highest BCUT2D eigenvalue weighted by Crippen LogP contribution is 2.31. The van der Waals surface area contributed by atoms with Crippen molar-refractivity contribution in [3.8, 4) is 0 Å². The molecule has 36 heavy (non-hydrogen) atoms. The number of aromatic nitrogens is 1. The fraction of sp³-hybridized carbons (Fsp3) is 0.417. The van der Waals surface area contributed by atoms with E-state index in [1.165, 1.54) is 23.2 Å². The number of primary sulfonamides is 1. The molecule has 12 heteroatoms. The Bertz CT molecular complexity index is 1250. The first kappa shape index (κ1) is 27.1. The molecular formula is C24H31N5O6S. The van der Waals surface area contributed by atoms with Crippen molar-refractivity contribution in [3.05, 3.63) is 47.7 Å². The molecule has 2 heterocycles. The first-order chi connectivity index (χ1) is 16.7. The number of rotatable bonds is 4. The SMILES string of the molecule is Cc1cc(NC(=O)C(=O)N2CCCC[C@H]2c2ccc(S(N)(=O)=O)cc2)cnc1NC(=O)OC(C)(C)C. The monoisotopic (exact) mass is 517 g/mol. The summed E-state index contributed by atoms with van der Waals surface area (Å²) in [6, 6.07) is 7.22. The van der Waals surface area contributed by atoms with Crippen molar-refractivity contribution in [2.75, 3.05) is 17.2 Å². The molecule has 3 amide bonds. The van der Waals surface area contributed by atoms with E-state index in [1.807, 2.05) is 0 Å². The number of ether oxygens (including phenoxy) is 1. The van der Waals surface area contributed by atoms with Gasteiger partial charge in [0.05, 0.1) is 22.8 Å². The van der Waals surface area contributed by atoms with Crippen LogP contribution in [-0.2, 0) is 24.3 Å². The topological polar surface area (TPSA) is 161 Å². The van der Waals surface area contributed by atoms with Gasteiger partial charge in [0.25, 0.3) is 0 Å². The van der Waals surface area contributed by atoms with Gasteiger partial charge in [0.2, 0.25) is 10.0 Å². The van der Waals surface area contributed by atoms with E-state index in [4.69, 9.17) is 9.88 Å². The maximum Gasteiger partial charge on any atom is 0.413 e. The highest BCUT2D eigenvalue weighted by Gasteiger charge is 2.32. The Balaban J connectivity index is 1.70. The van der Waals surface area contributed by atoms with E-state index < -0.39 is 33.5 Å². The molecule has 0 bridgehead atoms. The minimum Gasteiger partial charge on any atom is -0.444 e. The van der Waals surface area contributed by atoms with Gasteiger partial charge in [-0.2, -0.15) is 0 Å². The quantitative estimate of drug-likeness (QED) is 0.525. The Kier molecular flexibility index (Phi) is 7.99. The average molecular weight is 518 g/mol. The van der Waals surface area contributed by atoms with Gasteiger partial charge in [0.1, 0.15) is 11.4 Å². The molecule has 1 aliphatic heterocycles. The van der Waals surface area contributed by atoms with E-state index in [2.05, 4.69) is 15.6 Å². The Labute approximate surface area is 210 Å². The predicted octanol–water partition coefficient (Wildman–Crippen LogP) is 3.08. The lowest BCUT2D eigenvalue weighted by Crippen LogP contribution is -2.44. The summed E-state index contributed by atoms with van der Waals surface area (Å²) in [5.41, 5.74) is 0.921. The first-order valence-corrected chi connectivity index (χ1v) is 13.0. The number of benzene rings is 1. The summed E-state index contributed by atoms with van der Waals surface area (Å²) >= 11 is 0. The molecule has 11 nitrogen and oxygen atoms in total. The second-order valence-corrected chi connectivity index (χ2v) is 11.2. The smallest absolute Gasteiger partial charge is 0.413 e. The molecule has 0 unspecified atom stereocenters. The Morgan fingerprint density at radius 3 is 2.36 bits per heavy atom. The Hall–Kier alpha value is -3.51. The molecule has 0 aliphatic carbocycles. The number of carbonyl (C=O) groups is 3. The molecule has 3 rings (SSSR count). The highest BCUT2D eigenvalue weighted by molar-refractivity contribution is 7.89. The number of anilines is 2. The summed E-state index contributed by atoms with van der Waals surface area (Å²) < 4.78 is 28.3. The zero-order valence-corrected chi connectivity index (χ0v) is 21.5. The molecule has 1 aliphatic rings. The lowest BCUT2D eigenvalue weighted by Gasteiger charge is -2.35. The molecular weight excluding hydrogens is 486 g/mol. The van der Waals surface area contributed by atoms with Crippen LogP contribution in [0.3, 0.4) is 0 Å². The lowest BCUT2D eigenvalue weighted by molar-refractivity contribution is -0.145. The number of carbonyl (C=O) groups excluding carboxylic acids is 3. The molecule has 0 radical (unpaired) electrons. The number of hydrogen-bond donors (Lipinski definition) is 3. The molecule has 1 atom stereocenters. The summed E-state index contributed by atoms with van der Waals surface area (Å²) in [5.74, 6) is -1.26. The van der Waals surface area contributed by atoms with Gasteiger partial charge in [-0.1, -0.05) is 12.1 Å². The van der Waals surface area contributed by atoms with Crippen molar-refractivity contribution < 1.29 is 27.5 Å². The van der Waals surface area contributed by atoms with Crippen LogP contribution in [0.4, 0.5) is 16.3 Å². The molecule has 1 aromatic heterocycles. The van der Waals surface area contributed by atoms with E-state index >= 15 is 0 Å². The van der Waals surface area contributed by atoms with Crippen LogP contribution in [0.15, 0.2) is 41.4 Å². The van der Waals surface area contributed by atoms with Crippen LogP contribution >= 0.6 is 0 Å². The molecule has 1 fully saturated rings. The number of sulfonamides is 1. The van der Waals surface area contributed by atoms with Crippen molar-refractivity contribution in [2.24, 2.45) is 5.14 Å². The van der Waals surface area contributed by atoms with Gasteiger partial charge in [-0.15, -0.1) is 0 Å². The summed E-state index contributed by atoms with van der Waals surface area (Å²) in [6.45, 7) is 7.33. The molecule has 1 aromatic carbocycles. The zero-order valence-electron chi connectivity index (χ0n) is 20.7. The third-order valence-electron chi connectivity index (χ3n) is 5.51. The van der Waals surface area contributed by atoms with E-state index in [9.17, 15) is 22.8 Å². The minimum atomic E-state index is -3.83. The molecule has 2 aromatic rings. The van der Waals surface area contributed by atoms with E-state index in [0.29, 0.717) is 24.2 Å². The van der Waals surface area contributed by atoms with Crippen molar-refractivity contribution in [1.82, 2.24) is 9.88 Å². The molecule has 1 saturated heterocycles. The van der Waals surface area contributed by atoms with E-state index in [1.54, 1.807) is 45.9 Å².